The standard InChI is InChI=1S/C19H18N2O2S/c1-14(18-10-6-12-24-18)19(22)21-16-8-2-3-9-17(16)23-13-15-7-4-5-11-20-15/h2-12,14H,13H2,1H3,(H,21,22). The van der Waals surface area contributed by atoms with Gasteiger partial charge in [0.25, 0.3) is 0 Å². The summed E-state index contributed by atoms with van der Waals surface area (Å²) in [6, 6.07) is 17.0. The van der Waals surface area contributed by atoms with Crippen LogP contribution in [-0.4, -0.2) is 10.9 Å². The summed E-state index contributed by atoms with van der Waals surface area (Å²) in [5, 5.41) is 4.93. The second-order valence-corrected chi connectivity index (χ2v) is 6.31. The van der Waals surface area contributed by atoms with Crippen molar-refractivity contribution >= 4 is 22.9 Å². The smallest absolute Gasteiger partial charge is 0.232 e. The van der Waals surface area contributed by atoms with Crippen LogP contribution in [0.15, 0.2) is 66.2 Å². The first-order valence-corrected chi connectivity index (χ1v) is 8.58. The lowest BCUT2D eigenvalue weighted by Gasteiger charge is -2.14. The lowest BCUT2D eigenvalue weighted by Crippen LogP contribution is -2.18. The number of benzene rings is 1. The number of nitrogens with one attached hydrogen (secondary N) is 1. The summed E-state index contributed by atoms with van der Waals surface area (Å²) in [7, 11) is 0. The van der Waals surface area contributed by atoms with Crippen LogP contribution in [0.1, 0.15) is 23.4 Å². The van der Waals surface area contributed by atoms with E-state index < -0.39 is 0 Å². The summed E-state index contributed by atoms with van der Waals surface area (Å²) >= 11 is 1.58. The summed E-state index contributed by atoms with van der Waals surface area (Å²) < 4.78 is 5.82. The number of ether oxygens (including phenoxy) is 1. The number of aromatic nitrogens is 1. The molecule has 2 aromatic heterocycles. The van der Waals surface area contributed by atoms with Crippen LogP contribution in [0.2, 0.25) is 0 Å². The molecule has 0 saturated heterocycles. The number of carbonyl (C=O) groups excluding carboxylic acids is 1. The van der Waals surface area contributed by atoms with Gasteiger partial charge >= 0.3 is 0 Å². The Hall–Kier alpha value is -2.66. The molecule has 1 aromatic carbocycles. The highest BCUT2D eigenvalue weighted by Gasteiger charge is 2.17. The second kappa shape index (κ2) is 7.75. The van der Waals surface area contributed by atoms with Crippen molar-refractivity contribution in [3.8, 4) is 5.75 Å². The van der Waals surface area contributed by atoms with Crippen LogP contribution in [0.25, 0.3) is 0 Å². The first-order valence-electron chi connectivity index (χ1n) is 7.70. The maximum Gasteiger partial charge on any atom is 0.232 e. The third kappa shape index (κ3) is 4.00. The highest BCUT2D eigenvalue weighted by molar-refractivity contribution is 7.10. The Morgan fingerprint density at radius 3 is 2.75 bits per heavy atom. The molecular weight excluding hydrogens is 320 g/mol. The number of carbonyl (C=O) groups is 1. The van der Waals surface area contributed by atoms with Crippen LogP contribution in [0.5, 0.6) is 5.75 Å². The van der Waals surface area contributed by atoms with Gasteiger partial charge in [0.2, 0.25) is 5.91 Å². The molecule has 0 aliphatic heterocycles. The van der Waals surface area contributed by atoms with E-state index in [0.29, 0.717) is 18.0 Å². The van der Waals surface area contributed by atoms with Gasteiger partial charge in [0, 0.05) is 11.1 Å². The first kappa shape index (κ1) is 16.2. The fraction of sp³-hybridized carbons (Fsp3) is 0.158. The largest absolute Gasteiger partial charge is 0.485 e. The van der Waals surface area contributed by atoms with Crippen molar-refractivity contribution in [1.82, 2.24) is 4.98 Å². The predicted molar refractivity (Wildman–Crippen MR) is 96.4 cm³/mol. The van der Waals surface area contributed by atoms with Gasteiger partial charge in [-0.1, -0.05) is 24.3 Å². The Kier molecular flexibility index (Phi) is 5.23. The van der Waals surface area contributed by atoms with E-state index in [1.807, 2.05) is 66.9 Å². The molecule has 0 aliphatic carbocycles. The van der Waals surface area contributed by atoms with Crippen molar-refractivity contribution in [2.45, 2.75) is 19.4 Å². The lowest BCUT2D eigenvalue weighted by atomic mass is 10.1. The predicted octanol–water partition coefficient (Wildman–Crippen LogP) is 4.46. The van der Waals surface area contributed by atoms with Gasteiger partial charge in [0.05, 0.1) is 17.3 Å². The Balaban J connectivity index is 1.68. The maximum atomic E-state index is 12.5. The van der Waals surface area contributed by atoms with Gasteiger partial charge in [0.15, 0.2) is 0 Å². The third-order valence-electron chi connectivity index (χ3n) is 3.61. The zero-order valence-electron chi connectivity index (χ0n) is 13.3. The van der Waals surface area contributed by atoms with Crippen LogP contribution in [-0.2, 0) is 11.4 Å². The molecule has 5 heteroatoms. The molecule has 3 aromatic rings. The number of hydrogen-bond acceptors (Lipinski definition) is 4. The minimum atomic E-state index is -0.200. The molecule has 4 nitrogen and oxygen atoms in total. The molecule has 0 spiro atoms. The molecule has 1 atom stereocenters. The summed E-state index contributed by atoms with van der Waals surface area (Å²) in [4.78, 5) is 17.7. The molecule has 2 heterocycles. The average molecular weight is 338 g/mol. The van der Waals surface area contributed by atoms with Gasteiger partial charge < -0.3 is 10.1 Å². The van der Waals surface area contributed by atoms with E-state index in [1.54, 1.807) is 17.5 Å². The minimum Gasteiger partial charge on any atom is -0.485 e. The molecule has 3 rings (SSSR count). The Labute approximate surface area is 145 Å². The van der Waals surface area contributed by atoms with Gasteiger partial charge in [-0.25, -0.2) is 0 Å². The van der Waals surface area contributed by atoms with Gasteiger partial charge in [-0.2, -0.15) is 0 Å². The Bertz CT molecular complexity index is 788. The van der Waals surface area contributed by atoms with Crippen LogP contribution in [0.4, 0.5) is 5.69 Å². The highest BCUT2D eigenvalue weighted by Crippen LogP contribution is 2.27. The number of rotatable bonds is 6. The number of pyridine rings is 1. The van der Waals surface area contributed by atoms with Crippen molar-refractivity contribution < 1.29 is 9.53 Å². The molecule has 1 amide bonds. The van der Waals surface area contributed by atoms with Crippen molar-refractivity contribution in [3.63, 3.8) is 0 Å². The normalized spacial score (nSPS) is 11.7. The van der Waals surface area contributed by atoms with Gasteiger partial charge in [0.1, 0.15) is 12.4 Å². The molecule has 0 fully saturated rings. The third-order valence-corrected chi connectivity index (χ3v) is 4.66. The minimum absolute atomic E-state index is 0.0497. The molecule has 0 aliphatic rings. The zero-order chi connectivity index (χ0) is 16.8. The zero-order valence-corrected chi connectivity index (χ0v) is 14.1. The second-order valence-electron chi connectivity index (χ2n) is 5.33. The Morgan fingerprint density at radius 1 is 1.17 bits per heavy atom. The summed E-state index contributed by atoms with van der Waals surface area (Å²) in [5.74, 6) is 0.384. The van der Waals surface area contributed by atoms with E-state index in [1.165, 1.54) is 0 Å². The molecule has 122 valence electrons. The molecule has 0 radical (unpaired) electrons. The van der Waals surface area contributed by atoms with E-state index in [2.05, 4.69) is 10.3 Å². The number of para-hydroxylation sites is 2. The van der Waals surface area contributed by atoms with Crippen LogP contribution >= 0.6 is 11.3 Å². The maximum absolute atomic E-state index is 12.5. The van der Waals surface area contributed by atoms with Crippen molar-refractivity contribution in [2.75, 3.05) is 5.32 Å². The van der Waals surface area contributed by atoms with Crippen molar-refractivity contribution in [2.24, 2.45) is 0 Å². The highest BCUT2D eigenvalue weighted by atomic mass is 32.1. The molecule has 1 N–H and O–H groups in total. The van der Waals surface area contributed by atoms with Crippen LogP contribution in [0, 0.1) is 0 Å². The number of nitrogens with zero attached hydrogens (tertiary/aromatic N) is 1. The lowest BCUT2D eigenvalue weighted by molar-refractivity contribution is -0.117. The monoisotopic (exact) mass is 338 g/mol. The number of anilines is 1. The van der Waals surface area contributed by atoms with Gasteiger partial charge in [-0.15, -0.1) is 11.3 Å². The molecule has 0 bridgehead atoms. The first-order chi connectivity index (χ1) is 11.7. The molecule has 1 unspecified atom stereocenters. The van der Waals surface area contributed by atoms with Crippen molar-refractivity contribution in [1.29, 1.82) is 0 Å². The topological polar surface area (TPSA) is 51.2 Å². The SMILES string of the molecule is CC(C(=O)Nc1ccccc1OCc1ccccn1)c1cccs1. The number of amides is 1. The van der Waals surface area contributed by atoms with E-state index in [9.17, 15) is 4.79 Å². The summed E-state index contributed by atoms with van der Waals surface area (Å²) in [5.41, 5.74) is 1.51. The average Bonchev–Trinajstić information content (AvgIpc) is 3.16. The van der Waals surface area contributed by atoms with E-state index in [-0.39, 0.29) is 11.8 Å². The number of thiophene rings is 1. The molecule has 0 saturated carbocycles. The van der Waals surface area contributed by atoms with Crippen LogP contribution < -0.4 is 10.1 Å². The van der Waals surface area contributed by atoms with Crippen LogP contribution in [0.3, 0.4) is 0 Å². The number of hydrogen-bond donors (Lipinski definition) is 1. The fourth-order valence-corrected chi connectivity index (χ4v) is 3.02. The van der Waals surface area contributed by atoms with Gasteiger partial charge in [-0.3, -0.25) is 9.78 Å². The van der Waals surface area contributed by atoms with E-state index in [0.717, 1.165) is 10.6 Å². The van der Waals surface area contributed by atoms with E-state index >= 15 is 0 Å². The summed E-state index contributed by atoms with van der Waals surface area (Å²) in [6.07, 6.45) is 1.73. The summed E-state index contributed by atoms with van der Waals surface area (Å²) in [6.45, 7) is 2.26. The molecular formula is C19H18N2O2S. The quantitative estimate of drug-likeness (QED) is 0.722. The van der Waals surface area contributed by atoms with Gasteiger partial charge in [-0.05, 0) is 42.6 Å². The molecule has 24 heavy (non-hydrogen) atoms. The Morgan fingerprint density at radius 2 is 2.00 bits per heavy atom. The fourth-order valence-electron chi connectivity index (χ4n) is 2.24. The van der Waals surface area contributed by atoms with E-state index in [4.69, 9.17) is 4.74 Å². The van der Waals surface area contributed by atoms with Crippen molar-refractivity contribution in [3.05, 3.63) is 76.7 Å².